The van der Waals surface area contributed by atoms with Crippen LogP contribution in [0.4, 0.5) is 0 Å². The number of nitriles is 1. The number of nitrogens with zero attached hydrogens (tertiary/aromatic N) is 2. The molecule has 1 aromatic heterocycles. The number of hydrogen-bond donors (Lipinski definition) is 0. The first-order valence-corrected chi connectivity index (χ1v) is 4.72. The van der Waals surface area contributed by atoms with E-state index in [1.165, 1.54) is 7.11 Å². The Morgan fingerprint density at radius 1 is 1.67 bits per heavy atom. The van der Waals surface area contributed by atoms with Gasteiger partial charge in [-0.2, -0.15) is 5.26 Å². The number of ether oxygens (including phenoxy) is 1. The van der Waals surface area contributed by atoms with Crippen molar-refractivity contribution < 1.29 is 14.1 Å². The predicted octanol–water partition coefficient (Wildman–Crippen LogP) is 0.799. The Balaban J connectivity index is 2.44. The zero-order chi connectivity index (χ0) is 11.1. The summed E-state index contributed by atoms with van der Waals surface area (Å²) in [6.07, 6.45) is 4.75. The fraction of sp³-hybridized carbons (Fsp3) is 0.364. The van der Waals surface area contributed by atoms with Gasteiger partial charge in [-0.1, -0.05) is 0 Å². The minimum absolute atomic E-state index is 0.202. The fourth-order valence-electron chi connectivity index (χ4n) is 1.24. The van der Waals surface area contributed by atoms with Gasteiger partial charge in [-0.3, -0.25) is 4.79 Å². The van der Waals surface area contributed by atoms with Gasteiger partial charge < -0.3 is 4.74 Å². The molecule has 0 spiro atoms. The largest absolute Gasteiger partial charge is 0.469 e. The predicted molar refractivity (Wildman–Crippen MR) is 52.6 cm³/mol. The van der Waals surface area contributed by atoms with Crippen LogP contribution in [0.3, 0.4) is 0 Å². The molecule has 1 aromatic rings. The Morgan fingerprint density at radius 2 is 2.47 bits per heavy atom. The van der Waals surface area contributed by atoms with E-state index in [2.05, 4.69) is 10.8 Å². The highest BCUT2D eigenvalue weighted by Crippen LogP contribution is 1.94. The van der Waals surface area contributed by atoms with Crippen LogP contribution in [0, 0.1) is 11.3 Å². The van der Waals surface area contributed by atoms with Crippen molar-refractivity contribution in [3.05, 3.63) is 30.1 Å². The molecule has 0 saturated carbocycles. The van der Waals surface area contributed by atoms with E-state index in [1.54, 1.807) is 12.3 Å². The molecule has 0 aliphatic rings. The molecule has 1 rings (SSSR count). The fourth-order valence-corrected chi connectivity index (χ4v) is 1.24. The lowest BCUT2D eigenvalue weighted by atomic mass is 10.3. The summed E-state index contributed by atoms with van der Waals surface area (Å²) in [5.74, 6) is -0.202. The van der Waals surface area contributed by atoms with Crippen molar-refractivity contribution in [2.24, 2.45) is 0 Å². The van der Waals surface area contributed by atoms with Crippen LogP contribution < -0.4 is 4.57 Å². The van der Waals surface area contributed by atoms with Gasteiger partial charge in [0.05, 0.1) is 13.5 Å². The summed E-state index contributed by atoms with van der Waals surface area (Å²) in [5, 5.41) is 8.68. The lowest BCUT2D eigenvalue weighted by Crippen LogP contribution is -2.33. The van der Waals surface area contributed by atoms with Crippen molar-refractivity contribution in [2.75, 3.05) is 7.11 Å². The molecule has 0 saturated heterocycles. The third-order valence-corrected chi connectivity index (χ3v) is 2.01. The van der Waals surface area contributed by atoms with Crippen LogP contribution in [-0.2, 0) is 16.1 Å². The molecule has 0 atom stereocenters. The second-order valence-electron chi connectivity index (χ2n) is 3.12. The van der Waals surface area contributed by atoms with Crippen LogP contribution in [0.5, 0.6) is 0 Å². The monoisotopic (exact) mass is 205 g/mol. The molecule has 4 nitrogen and oxygen atoms in total. The van der Waals surface area contributed by atoms with Gasteiger partial charge in [-0.15, -0.1) is 0 Å². The molecule has 1 heterocycles. The number of pyridine rings is 1. The second-order valence-corrected chi connectivity index (χ2v) is 3.12. The molecule has 0 N–H and O–H groups in total. The normalized spacial score (nSPS) is 9.33. The van der Waals surface area contributed by atoms with E-state index in [1.807, 2.05) is 16.8 Å². The zero-order valence-electron chi connectivity index (χ0n) is 8.64. The highest BCUT2D eigenvalue weighted by atomic mass is 16.5. The van der Waals surface area contributed by atoms with Gasteiger partial charge >= 0.3 is 5.97 Å². The average Bonchev–Trinajstić information content (AvgIpc) is 2.29. The molecule has 0 bridgehead atoms. The minimum Gasteiger partial charge on any atom is -0.469 e. The lowest BCUT2D eigenvalue weighted by Gasteiger charge is -1.97. The van der Waals surface area contributed by atoms with Gasteiger partial charge in [-0.05, 0) is 6.07 Å². The average molecular weight is 205 g/mol. The molecular weight excluding hydrogens is 192 g/mol. The molecule has 0 unspecified atom stereocenters. The number of esters is 1. The standard InChI is InChI=1S/C11H13N2O2/c1-15-11(14)5-3-7-13-6-2-4-10(8-12)9-13/h2,4,6,9H,3,5,7H2,1H3/q+1. The summed E-state index contributed by atoms with van der Waals surface area (Å²) in [4.78, 5) is 10.8. The summed E-state index contributed by atoms with van der Waals surface area (Å²) < 4.78 is 6.42. The van der Waals surface area contributed by atoms with E-state index < -0.39 is 0 Å². The summed E-state index contributed by atoms with van der Waals surface area (Å²) in [6, 6.07) is 5.63. The molecule has 0 fully saturated rings. The van der Waals surface area contributed by atoms with E-state index in [-0.39, 0.29) is 5.97 Å². The Labute approximate surface area is 88.7 Å². The number of carbonyl (C=O) groups is 1. The Bertz CT molecular complexity index is 382. The molecule has 78 valence electrons. The molecular formula is C11H13N2O2+. The van der Waals surface area contributed by atoms with Crippen LogP contribution >= 0.6 is 0 Å². The topological polar surface area (TPSA) is 54.0 Å². The molecule has 0 aliphatic carbocycles. The van der Waals surface area contributed by atoms with E-state index in [9.17, 15) is 4.79 Å². The van der Waals surface area contributed by atoms with Gasteiger partial charge in [-0.25, -0.2) is 4.57 Å². The number of aromatic nitrogens is 1. The van der Waals surface area contributed by atoms with Crippen LogP contribution in [0.2, 0.25) is 0 Å². The van der Waals surface area contributed by atoms with Gasteiger partial charge in [0, 0.05) is 12.5 Å². The number of carbonyl (C=O) groups excluding carboxylic acids is 1. The van der Waals surface area contributed by atoms with Gasteiger partial charge in [0.1, 0.15) is 18.2 Å². The second kappa shape index (κ2) is 5.76. The summed E-state index contributed by atoms with van der Waals surface area (Å²) in [7, 11) is 1.38. The van der Waals surface area contributed by atoms with Crippen molar-refractivity contribution in [2.45, 2.75) is 19.4 Å². The molecule has 4 heteroatoms. The Hall–Kier alpha value is -1.89. The van der Waals surface area contributed by atoms with Crippen molar-refractivity contribution in [3.63, 3.8) is 0 Å². The van der Waals surface area contributed by atoms with Crippen LogP contribution in [0.25, 0.3) is 0 Å². The highest BCUT2D eigenvalue weighted by Gasteiger charge is 2.05. The van der Waals surface area contributed by atoms with Crippen LogP contribution in [0.15, 0.2) is 24.5 Å². The number of hydrogen-bond acceptors (Lipinski definition) is 3. The quantitative estimate of drug-likeness (QED) is 0.539. The lowest BCUT2D eigenvalue weighted by molar-refractivity contribution is -0.697. The van der Waals surface area contributed by atoms with Crippen molar-refractivity contribution in [3.8, 4) is 6.07 Å². The SMILES string of the molecule is COC(=O)CCC[n+]1cccc(C#N)c1. The van der Waals surface area contributed by atoms with E-state index in [0.29, 0.717) is 24.9 Å². The first-order valence-electron chi connectivity index (χ1n) is 4.72. The smallest absolute Gasteiger partial charge is 0.305 e. The molecule has 0 aliphatic heterocycles. The van der Waals surface area contributed by atoms with E-state index in [4.69, 9.17) is 5.26 Å². The van der Waals surface area contributed by atoms with Gasteiger partial charge in [0.15, 0.2) is 12.4 Å². The first kappa shape index (κ1) is 11.2. The summed E-state index contributed by atoms with van der Waals surface area (Å²) >= 11 is 0. The van der Waals surface area contributed by atoms with E-state index >= 15 is 0 Å². The molecule has 0 radical (unpaired) electrons. The van der Waals surface area contributed by atoms with Gasteiger partial charge in [0.2, 0.25) is 0 Å². The van der Waals surface area contributed by atoms with Gasteiger partial charge in [0.25, 0.3) is 0 Å². The minimum atomic E-state index is -0.202. The highest BCUT2D eigenvalue weighted by molar-refractivity contribution is 5.68. The van der Waals surface area contributed by atoms with Crippen LogP contribution in [0.1, 0.15) is 18.4 Å². The van der Waals surface area contributed by atoms with E-state index in [0.717, 1.165) is 0 Å². The van der Waals surface area contributed by atoms with Crippen LogP contribution in [-0.4, -0.2) is 13.1 Å². The Kier molecular flexibility index (Phi) is 4.30. The molecule has 15 heavy (non-hydrogen) atoms. The summed E-state index contributed by atoms with van der Waals surface area (Å²) in [6.45, 7) is 0.713. The molecule has 0 amide bonds. The third-order valence-electron chi connectivity index (χ3n) is 2.01. The number of methoxy groups -OCH3 is 1. The van der Waals surface area contributed by atoms with Crippen molar-refractivity contribution in [1.29, 1.82) is 5.26 Å². The summed E-state index contributed by atoms with van der Waals surface area (Å²) in [5.41, 5.74) is 0.621. The third kappa shape index (κ3) is 3.77. The maximum absolute atomic E-state index is 10.8. The zero-order valence-corrected chi connectivity index (χ0v) is 8.64. The first-order chi connectivity index (χ1) is 7.26. The molecule has 0 aromatic carbocycles. The number of rotatable bonds is 4. The maximum Gasteiger partial charge on any atom is 0.305 e. The van der Waals surface area contributed by atoms with Crippen molar-refractivity contribution in [1.82, 2.24) is 0 Å². The number of aryl methyl sites for hydroxylation is 1. The van der Waals surface area contributed by atoms with Crippen molar-refractivity contribution >= 4 is 5.97 Å². The Morgan fingerprint density at radius 3 is 3.13 bits per heavy atom. The maximum atomic E-state index is 10.8.